The monoisotopic (exact) mass is 303 g/mol. The number of nitrogens with zero attached hydrogens (tertiary/aromatic N) is 1. The molecular formula is C12H12Cl3N3. The van der Waals surface area contributed by atoms with Crippen molar-refractivity contribution in [3.63, 3.8) is 0 Å². The van der Waals surface area contributed by atoms with Crippen molar-refractivity contribution in [1.82, 2.24) is 4.98 Å². The van der Waals surface area contributed by atoms with Gasteiger partial charge in [-0.3, -0.25) is 10.8 Å². The van der Waals surface area contributed by atoms with Crippen molar-refractivity contribution in [3.8, 4) is 0 Å². The molecule has 0 unspecified atom stereocenters. The highest BCUT2D eigenvalue weighted by Crippen LogP contribution is 2.39. The number of nitrogens with two attached hydrogens (primary N) is 1. The Bertz CT molecular complexity index is 611. The van der Waals surface area contributed by atoms with E-state index < -0.39 is 0 Å². The number of hydrogen-bond acceptors (Lipinski definition) is 3. The van der Waals surface area contributed by atoms with E-state index in [0.29, 0.717) is 31.7 Å². The second kappa shape index (κ2) is 5.10. The van der Waals surface area contributed by atoms with Gasteiger partial charge in [-0.2, -0.15) is 0 Å². The lowest BCUT2D eigenvalue weighted by atomic mass is 10.1. The molecule has 6 heteroatoms. The van der Waals surface area contributed by atoms with Crippen LogP contribution in [0.2, 0.25) is 15.1 Å². The molecule has 0 aliphatic carbocycles. The first-order valence-corrected chi connectivity index (χ1v) is 6.53. The van der Waals surface area contributed by atoms with Gasteiger partial charge in [0.1, 0.15) is 0 Å². The Hall–Kier alpha value is -0.740. The summed E-state index contributed by atoms with van der Waals surface area (Å²) in [5.74, 6) is 5.79. The molecule has 3 N–H and O–H groups in total. The molecule has 18 heavy (non-hydrogen) atoms. The number of aromatic nitrogens is 1. The molecule has 2 rings (SSSR count). The van der Waals surface area contributed by atoms with Crippen molar-refractivity contribution in [2.75, 3.05) is 5.43 Å². The standard InChI is InChI=1S/C12H12Cl3N3/c1-5(2)8-4-9(18-16)10-11(15)6(13)3-7(14)12(10)17-8/h3-5H,16H2,1-2H3,(H,17,18). The van der Waals surface area contributed by atoms with Crippen molar-refractivity contribution >= 4 is 51.4 Å². The molecule has 3 nitrogen and oxygen atoms in total. The number of anilines is 1. The van der Waals surface area contributed by atoms with Crippen molar-refractivity contribution in [1.29, 1.82) is 0 Å². The third-order valence-electron chi connectivity index (χ3n) is 2.70. The van der Waals surface area contributed by atoms with Crippen LogP contribution in [0, 0.1) is 0 Å². The van der Waals surface area contributed by atoms with Crippen LogP contribution in [0.3, 0.4) is 0 Å². The van der Waals surface area contributed by atoms with E-state index in [1.807, 2.05) is 19.9 Å². The highest BCUT2D eigenvalue weighted by atomic mass is 35.5. The Labute approximate surface area is 120 Å². The zero-order valence-electron chi connectivity index (χ0n) is 9.89. The number of fused-ring (bicyclic) bond motifs is 1. The predicted octanol–water partition coefficient (Wildman–Crippen LogP) is 4.60. The van der Waals surface area contributed by atoms with Gasteiger partial charge >= 0.3 is 0 Å². The van der Waals surface area contributed by atoms with E-state index in [4.69, 9.17) is 40.6 Å². The number of halogens is 3. The lowest BCUT2D eigenvalue weighted by Gasteiger charge is -2.14. The SMILES string of the molecule is CC(C)c1cc(NN)c2c(Cl)c(Cl)cc(Cl)c2n1. The molecule has 0 fully saturated rings. The zero-order valence-corrected chi connectivity index (χ0v) is 12.2. The van der Waals surface area contributed by atoms with Gasteiger partial charge in [-0.1, -0.05) is 48.7 Å². The molecular weight excluding hydrogens is 293 g/mol. The molecule has 0 saturated carbocycles. The van der Waals surface area contributed by atoms with Gasteiger partial charge in [0.25, 0.3) is 0 Å². The summed E-state index contributed by atoms with van der Waals surface area (Å²) in [4.78, 5) is 4.51. The Kier molecular flexibility index (Phi) is 3.87. The first-order chi connectivity index (χ1) is 8.45. The molecule has 0 radical (unpaired) electrons. The quantitative estimate of drug-likeness (QED) is 0.484. The van der Waals surface area contributed by atoms with Crippen molar-refractivity contribution in [2.24, 2.45) is 5.84 Å². The van der Waals surface area contributed by atoms with Crippen LogP contribution in [-0.2, 0) is 0 Å². The number of nitrogens with one attached hydrogen (secondary N) is 1. The average molecular weight is 305 g/mol. The third kappa shape index (κ3) is 2.24. The fraction of sp³-hybridized carbons (Fsp3) is 0.250. The molecule has 1 heterocycles. The molecule has 0 atom stereocenters. The fourth-order valence-corrected chi connectivity index (χ4v) is 2.48. The number of pyridine rings is 1. The molecule has 1 aromatic heterocycles. The lowest BCUT2D eigenvalue weighted by Crippen LogP contribution is -2.09. The maximum Gasteiger partial charge on any atom is 0.0928 e. The molecule has 0 bridgehead atoms. The lowest BCUT2D eigenvalue weighted by molar-refractivity contribution is 0.830. The number of nitrogen functional groups attached to an aromatic ring is 1. The Morgan fingerprint density at radius 3 is 2.39 bits per heavy atom. The van der Waals surface area contributed by atoms with E-state index in [0.717, 1.165) is 5.69 Å². The number of hydrogen-bond donors (Lipinski definition) is 2. The summed E-state index contributed by atoms with van der Waals surface area (Å²) in [6, 6.07) is 3.44. The topological polar surface area (TPSA) is 50.9 Å². The largest absolute Gasteiger partial charge is 0.323 e. The molecule has 0 aliphatic rings. The summed E-state index contributed by atoms with van der Waals surface area (Å²) in [5.41, 5.74) is 4.77. The van der Waals surface area contributed by atoms with Crippen LogP contribution in [-0.4, -0.2) is 4.98 Å². The third-order valence-corrected chi connectivity index (χ3v) is 3.77. The molecule has 0 amide bonds. The number of benzene rings is 1. The van der Waals surface area contributed by atoms with Crippen LogP contribution in [0.5, 0.6) is 0 Å². The number of hydrazine groups is 1. The smallest absolute Gasteiger partial charge is 0.0928 e. The summed E-state index contributed by atoms with van der Waals surface area (Å²) in [7, 11) is 0. The van der Waals surface area contributed by atoms with Crippen LogP contribution in [0.1, 0.15) is 25.5 Å². The highest BCUT2D eigenvalue weighted by Gasteiger charge is 2.15. The zero-order chi connectivity index (χ0) is 13.4. The van der Waals surface area contributed by atoms with E-state index in [-0.39, 0.29) is 5.92 Å². The van der Waals surface area contributed by atoms with E-state index in [1.54, 1.807) is 6.07 Å². The van der Waals surface area contributed by atoms with Crippen LogP contribution in [0.15, 0.2) is 12.1 Å². The van der Waals surface area contributed by atoms with Gasteiger partial charge in [0.15, 0.2) is 0 Å². The van der Waals surface area contributed by atoms with Gasteiger partial charge in [-0.05, 0) is 18.1 Å². The Morgan fingerprint density at radius 1 is 1.17 bits per heavy atom. The minimum atomic E-state index is 0.257. The van der Waals surface area contributed by atoms with Gasteiger partial charge in [-0.15, -0.1) is 0 Å². The maximum absolute atomic E-state index is 6.19. The van der Waals surface area contributed by atoms with Crippen LogP contribution in [0.4, 0.5) is 5.69 Å². The van der Waals surface area contributed by atoms with Gasteiger partial charge < -0.3 is 5.43 Å². The maximum atomic E-state index is 6.19. The van der Waals surface area contributed by atoms with Crippen molar-refractivity contribution in [3.05, 3.63) is 32.9 Å². The van der Waals surface area contributed by atoms with Crippen molar-refractivity contribution < 1.29 is 0 Å². The second-order valence-electron chi connectivity index (χ2n) is 4.27. The van der Waals surface area contributed by atoms with Crippen LogP contribution < -0.4 is 11.3 Å². The number of rotatable bonds is 2. The first kappa shape index (κ1) is 13.7. The van der Waals surface area contributed by atoms with Crippen molar-refractivity contribution in [2.45, 2.75) is 19.8 Å². The summed E-state index contributed by atoms with van der Waals surface area (Å²) in [6.07, 6.45) is 0. The molecule has 96 valence electrons. The predicted molar refractivity (Wildman–Crippen MR) is 78.7 cm³/mol. The van der Waals surface area contributed by atoms with Gasteiger partial charge in [-0.25, -0.2) is 0 Å². The molecule has 0 aliphatic heterocycles. The van der Waals surface area contributed by atoms with E-state index in [2.05, 4.69) is 10.4 Å². The molecule has 1 aromatic carbocycles. The summed E-state index contributed by atoms with van der Waals surface area (Å²) in [5, 5.41) is 1.87. The average Bonchev–Trinajstić information content (AvgIpc) is 2.34. The second-order valence-corrected chi connectivity index (χ2v) is 5.46. The van der Waals surface area contributed by atoms with E-state index in [1.165, 1.54) is 0 Å². The van der Waals surface area contributed by atoms with E-state index >= 15 is 0 Å². The minimum Gasteiger partial charge on any atom is -0.323 e. The normalized spacial score (nSPS) is 11.3. The Morgan fingerprint density at radius 2 is 1.83 bits per heavy atom. The summed E-state index contributed by atoms with van der Waals surface area (Å²) in [6.45, 7) is 4.08. The van der Waals surface area contributed by atoms with Gasteiger partial charge in [0, 0.05) is 11.1 Å². The van der Waals surface area contributed by atoms with Gasteiger partial charge in [0.05, 0.1) is 26.3 Å². The fourth-order valence-electron chi connectivity index (χ4n) is 1.73. The molecule has 0 spiro atoms. The van der Waals surface area contributed by atoms with Crippen LogP contribution >= 0.6 is 34.8 Å². The minimum absolute atomic E-state index is 0.257. The molecule has 2 aromatic rings. The highest BCUT2D eigenvalue weighted by molar-refractivity contribution is 6.48. The van der Waals surface area contributed by atoms with E-state index in [9.17, 15) is 0 Å². The van der Waals surface area contributed by atoms with Crippen LogP contribution in [0.25, 0.3) is 10.9 Å². The summed E-state index contributed by atoms with van der Waals surface area (Å²) >= 11 is 18.4. The Balaban J connectivity index is 2.91. The summed E-state index contributed by atoms with van der Waals surface area (Å²) < 4.78 is 0. The van der Waals surface area contributed by atoms with Gasteiger partial charge in [0.2, 0.25) is 0 Å². The first-order valence-electron chi connectivity index (χ1n) is 5.40. The molecule has 0 saturated heterocycles.